The minimum atomic E-state index is -1.57. The molecular formula is C25H31NO11. The largest absolute Gasteiger partial charge is 0.454 e. The molecule has 6 rings (SSSR count). The second-order valence-corrected chi connectivity index (χ2v) is 9.91. The standard InChI is InChI=1S/C25H31NO11/c1-12-21(30-2)22-23(35-10-31-9-34-22)25(36-12)37-19-7-16(27)14-3-4-26(24(29)20(19)28)8-13-5-17-18(6-15(13)14)33-11-32-17/h5-6,12,14,19-23,25,28H,3-4,7-11H2,1-2H3/t12-,14-,19-,20+,21-,22+,23-,25+/m1/s1. The van der Waals surface area contributed by atoms with Gasteiger partial charge < -0.3 is 47.9 Å². The topological polar surface area (TPSA) is 131 Å². The average Bonchev–Trinajstić information content (AvgIpc) is 3.10. The number of rotatable bonds is 3. The number of carbonyl (C=O) groups is 2. The van der Waals surface area contributed by atoms with Gasteiger partial charge in [-0.1, -0.05) is 0 Å². The summed E-state index contributed by atoms with van der Waals surface area (Å²) in [5.41, 5.74) is 1.62. The third-order valence-electron chi connectivity index (χ3n) is 7.76. The molecule has 5 aliphatic rings. The number of fused-ring (bicyclic) bond motifs is 7. The van der Waals surface area contributed by atoms with Crippen LogP contribution >= 0.6 is 0 Å². The Morgan fingerprint density at radius 2 is 1.81 bits per heavy atom. The van der Waals surface area contributed by atoms with Crippen LogP contribution in [0, 0.1) is 0 Å². The zero-order chi connectivity index (χ0) is 25.7. The van der Waals surface area contributed by atoms with Crippen molar-refractivity contribution < 1.29 is 52.6 Å². The number of amides is 1. The normalized spacial score (nSPS) is 37.6. The van der Waals surface area contributed by atoms with Gasteiger partial charge in [-0.2, -0.15) is 0 Å². The van der Waals surface area contributed by atoms with Gasteiger partial charge in [0.2, 0.25) is 6.79 Å². The van der Waals surface area contributed by atoms with E-state index in [0.717, 1.165) is 11.1 Å². The molecule has 2 bridgehead atoms. The number of hydrogen-bond donors (Lipinski definition) is 1. The Kier molecular flexibility index (Phi) is 6.82. The van der Waals surface area contributed by atoms with Gasteiger partial charge in [0.05, 0.1) is 6.10 Å². The Labute approximate surface area is 213 Å². The third-order valence-corrected chi connectivity index (χ3v) is 7.76. The van der Waals surface area contributed by atoms with Crippen molar-refractivity contribution in [3.8, 4) is 11.5 Å². The van der Waals surface area contributed by atoms with Crippen LogP contribution in [0.5, 0.6) is 11.5 Å². The fourth-order valence-electron chi connectivity index (χ4n) is 5.86. The van der Waals surface area contributed by atoms with Gasteiger partial charge in [0.25, 0.3) is 5.91 Å². The average molecular weight is 522 g/mol. The zero-order valence-corrected chi connectivity index (χ0v) is 20.7. The second-order valence-electron chi connectivity index (χ2n) is 9.91. The van der Waals surface area contributed by atoms with Gasteiger partial charge >= 0.3 is 0 Å². The molecule has 202 valence electrons. The molecule has 0 saturated carbocycles. The second kappa shape index (κ2) is 10.1. The minimum Gasteiger partial charge on any atom is -0.454 e. The van der Waals surface area contributed by atoms with E-state index in [-0.39, 0.29) is 39.1 Å². The lowest BCUT2D eigenvalue weighted by molar-refractivity contribution is -0.319. The molecule has 37 heavy (non-hydrogen) atoms. The molecule has 1 aromatic carbocycles. The Bertz CT molecular complexity index is 1050. The van der Waals surface area contributed by atoms with Crippen LogP contribution in [0.15, 0.2) is 12.1 Å². The lowest BCUT2D eigenvalue weighted by Crippen LogP contribution is -2.60. The van der Waals surface area contributed by atoms with Crippen LogP contribution in [-0.2, 0) is 44.6 Å². The number of ketones is 1. The number of aliphatic hydroxyl groups excluding tert-OH is 1. The summed E-state index contributed by atoms with van der Waals surface area (Å²) < 4.78 is 45.8. The molecule has 1 N–H and O–H groups in total. The predicted octanol–water partition coefficient (Wildman–Crippen LogP) is 0.426. The Hall–Kier alpha value is -2.32. The van der Waals surface area contributed by atoms with Gasteiger partial charge in [0, 0.05) is 32.5 Å². The van der Waals surface area contributed by atoms with Gasteiger partial charge in [-0.3, -0.25) is 9.59 Å². The molecule has 8 atom stereocenters. The first-order valence-corrected chi connectivity index (χ1v) is 12.5. The molecule has 0 spiro atoms. The van der Waals surface area contributed by atoms with E-state index in [0.29, 0.717) is 24.5 Å². The molecule has 12 heteroatoms. The molecular weight excluding hydrogens is 490 g/mol. The lowest BCUT2D eigenvalue weighted by Gasteiger charge is -2.44. The summed E-state index contributed by atoms with van der Waals surface area (Å²) in [7, 11) is 1.55. The monoisotopic (exact) mass is 521 g/mol. The van der Waals surface area contributed by atoms with Crippen molar-refractivity contribution in [2.24, 2.45) is 0 Å². The summed E-state index contributed by atoms with van der Waals surface area (Å²) in [5, 5.41) is 11.2. The van der Waals surface area contributed by atoms with E-state index < -0.39 is 54.7 Å². The highest BCUT2D eigenvalue weighted by atomic mass is 16.8. The van der Waals surface area contributed by atoms with Crippen LogP contribution in [-0.4, -0.2) is 98.6 Å². The maximum absolute atomic E-state index is 13.7. The number of ether oxygens (including phenoxy) is 8. The number of aliphatic hydroxyl groups is 1. The SMILES string of the molecule is CO[C@H]1[C@@H]2OCOCO[C@H]2[C@H](O[C@@H]2CC(=O)[C@@H]3CCN(Cc4cc5c(cc43)OCO5)C(=O)[C@H]2O)O[C@@H]1C. The molecule has 0 radical (unpaired) electrons. The molecule has 1 amide bonds. The smallest absolute Gasteiger partial charge is 0.254 e. The van der Waals surface area contributed by atoms with Crippen molar-refractivity contribution in [1.29, 1.82) is 0 Å². The molecule has 1 aromatic rings. The summed E-state index contributed by atoms with van der Waals surface area (Å²) >= 11 is 0. The maximum Gasteiger partial charge on any atom is 0.254 e. The molecule has 0 unspecified atom stereocenters. The summed E-state index contributed by atoms with van der Waals surface area (Å²) in [6, 6.07) is 3.65. The van der Waals surface area contributed by atoms with Crippen molar-refractivity contribution in [3.05, 3.63) is 23.3 Å². The van der Waals surface area contributed by atoms with Gasteiger partial charge in [-0.05, 0) is 36.6 Å². The number of benzene rings is 1. The van der Waals surface area contributed by atoms with Crippen LogP contribution in [0.1, 0.15) is 36.8 Å². The first-order valence-electron chi connectivity index (χ1n) is 12.5. The van der Waals surface area contributed by atoms with Crippen molar-refractivity contribution in [2.45, 2.75) is 75.1 Å². The van der Waals surface area contributed by atoms with Crippen molar-refractivity contribution in [2.75, 3.05) is 34.0 Å². The maximum atomic E-state index is 13.7. The molecule has 12 nitrogen and oxygen atoms in total. The summed E-state index contributed by atoms with van der Waals surface area (Å²) in [6.07, 6.45) is -5.72. The fourth-order valence-corrected chi connectivity index (χ4v) is 5.86. The van der Waals surface area contributed by atoms with Crippen molar-refractivity contribution in [3.63, 3.8) is 0 Å². The minimum absolute atomic E-state index is 0.0119. The van der Waals surface area contributed by atoms with Crippen molar-refractivity contribution in [1.82, 2.24) is 4.90 Å². The third kappa shape index (κ3) is 4.50. The summed E-state index contributed by atoms with van der Waals surface area (Å²) in [4.78, 5) is 28.7. The van der Waals surface area contributed by atoms with Gasteiger partial charge in [-0.25, -0.2) is 0 Å². The lowest BCUT2D eigenvalue weighted by atomic mass is 9.86. The van der Waals surface area contributed by atoms with E-state index in [2.05, 4.69) is 0 Å². The Morgan fingerprint density at radius 1 is 1.05 bits per heavy atom. The van der Waals surface area contributed by atoms with E-state index in [4.69, 9.17) is 37.9 Å². The highest BCUT2D eigenvalue weighted by Crippen LogP contribution is 2.42. The molecule has 0 aromatic heterocycles. The Balaban J connectivity index is 1.29. The van der Waals surface area contributed by atoms with Crippen LogP contribution in [0.25, 0.3) is 0 Å². The first-order chi connectivity index (χ1) is 17.9. The van der Waals surface area contributed by atoms with E-state index in [9.17, 15) is 14.7 Å². The number of nitrogens with zero attached hydrogens (tertiary/aromatic N) is 1. The van der Waals surface area contributed by atoms with E-state index in [1.807, 2.05) is 19.1 Å². The van der Waals surface area contributed by atoms with E-state index in [1.54, 1.807) is 12.0 Å². The molecule has 0 aliphatic carbocycles. The number of carbonyl (C=O) groups excluding carboxylic acids is 2. The highest BCUT2D eigenvalue weighted by molar-refractivity contribution is 5.90. The fraction of sp³-hybridized carbons (Fsp3) is 0.680. The van der Waals surface area contributed by atoms with E-state index >= 15 is 0 Å². The van der Waals surface area contributed by atoms with Crippen LogP contribution in [0.3, 0.4) is 0 Å². The zero-order valence-electron chi connectivity index (χ0n) is 20.7. The summed E-state index contributed by atoms with van der Waals surface area (Å²) in [6.45, 7) is 2.44. The molecule has 5 heterocycles. The molecule has 5 aliphatic heterocycles. The predicted molar refractivity (Wildman–Crippen MR) is 122 cm³/mol. The summed E-state index contributed by atoms with van der Waals surface area (Å²) in [5.74, 6) is 0.0246. The van der Waals surface area contributed by atoms with E-state index in [1.165, 1.54) is 0 Å². The van der Waals surface area contributed by atoms with Gasteiger partial charge in [0.1, 0.15) is 43.8 Å². The van der Waals surface area contributed by atoms with Gasteiger partial charge in [-0.15, -0.1) is 0 Å². The van der Waals surface area contributed by atoms with Crippen LogP contribution < -0.4 is 9.47 Å². The molecule has 3 saturated heterocycles. The number of hydrogen-bond acceptors (Lipinski definition) is 11. The quantitative estimate of drug-likeness (QED) is 0.594. The molecule has 3 fully saturated rings. The van der Waals surface area contributed by atoms with Crippen LogP contribution in [0.2, 0.25) is 0 Å². The van der Waals surface area contributed by atoms with Crippen LogP contribution in [0.4, 0.5) is 0 Å². The highest BCUT2D eigenvalue weighted by Gasteiger charge is 2.50. The number of Topliss-reactive ketones (excluding diaryl/α,β-unsaturated/α-hetero) is 1. The first kappa shape index (κ1) is 25.0. The number of methoxy groups -OCH3 is 1. The van der Waals surface area contributed by atoms with Gasteiger partial charge in [0.15, 0.2) is 23.9 Å². The Morgan fingerprint density at radius 3 is 2.59 bits per heavy atom. The van der Waals surface area contributed by atoms with Crippen molar-refractivity contribution >= 4 is 11.7 Å².